The average molecular weight is 164 g/mol. The van der Waals surface area contributed by atoms with Gasteiger partial charge in [-0.15, -0.1) is 0 Å². The first kappa shape index (κ1) is 9.27. The van der Waals surface area contributed by atoms with Gasteiger partial charge in [0.05, 0.1) is 6.10 Å². The molecule has 2 atom stereocenters. The molecular formula is C11H16O. The topological polar surface area (TPSA) is 20.2 Å². The standard InChI is InChI=1S/C11H16O/c1-4-5-6-10-8(2)7-11(12)9(10)3/h4-6,9,11-12H,2,7H2,1,3H3/b5-4-,10-6+. The van der Waals surface area contributed by atoms with Crippen LogP contribution in [0, 0.1) is 5.92 Å². The monoisotopic (exact) mass is 164 g/mol. The maximum Gasteiger partial charge on any atom is 0.0646 e. The lowest BCUT2D eigenvalue weighted by molar-refractivity contribution is 0.152. The number of hydrogen-bond donors (Lipinski definition) is 1. The fourth-order valence-corrected chi connectivity index (χ4v) is 1.55. The highest BCUT2D eigenvalue weighted by atomic mass is 16.3. The Balaban J connectivity index is 2.83. The second-order valence-electron chi connectivity index (χ2n) is 3.31. The Labute approximate surface area is 74.1 Å². The van der Waals surface area contributed by atoms with Crippen LogP contribution >= 0.6 is 0 Å². The SMILES string of the molecule is C=C1CC(O)C(C)/C1=C/C=C\C. The minimum Gasteiger partial charge on any atom is -0.392 e. The van der Waals surface area contributed by atoms with Gasteiger partial charge in [0.25, 0.3) is 0 Å². The van der Waals surface area contributed by atoms with Crippen molar-refractivity contribution in [1.82, 2.24) is 0 Å². The first-order chi connectivity index (χ1) is 5.66. The van der Waals surface area contributed by atoms with Crippen molar-refractivity contribution in [3.63, 3.8) is 0 Å². The Kier molecular flexibility index (Phi) is 2.88. The van der Waals surface area contributed by atoms with E-state index in [2.05, 4.69) is 6.58 Å². The third-order valence-corrected chi connectivity index (χ3v) is 2.40. The maximum atomic E-state index is 9.51. The van der Waals surface area contributed by atoms with E-state index in [1.165, 1.54) is 5.57 Å². The van der Waals surface area contributed by atoms with Crippen LogP contribution in [0.25, 0.3) is 0 Å². The van der Waals surface area contributed by atoms with E-state index in [0.717, 1.165) is 12.0 Å². The van der Waals surface area contributed by atoms with Gasteiger partial charge in [0, 0.05) is 5.92 Å². The Morgan fingerprint density at radius 3 is 2.67 bits per heavy atom. The molecule has 0 amide bonds. The van der Waals surface area contributed by atoms with Crippen LogP contribution in [0.2, 0.25) is 0 Å². The van der Waals surface area contributed by atoms with Crippen molar-refractivity contribution in [2.75, 3.05) is 0 Å². The molecule has 0 aromatic carbocycles. The molecule has 1 aliphatic carbocycles. The molecule has 0 saturated heterocycles. The van der Waals surface area contributed by atoms with E-state index >= 15 is 0 Å². The van der Waals surface area contributed by atoms with Crippen LogP contribution in [0.5, 0.6) is 0 Å². The van der Waals surface area contributed by atoms with Gasteiger partial charge < -0.3 is 5.11 Å². The molecule has 0 heterocycles. The second kappa shape index (κ2) is 3.72. The van der Waals surface area contributed by atoms with Crippen molar-refractivity contribution in [1.29, 1.82) is 0 Å². The molecule has 0 aliphatic heterocycles. The fraction of sp³-hybridized carbons (Fsp3) is 0.455. The highest BCUT2D eigenvalue weighted by Gasteiger charge is 2.28. The van der Waals surface area contributed by atoms with Gasteiger partial charge in [0.15, 0.2) is 0 Å². The molecule has 1 saturated carbocycles. The Hall–Kier alpha value is -0.820. The van der Waals surface area contributed by atoms with E-state index in [1.807, 2.05) is 32.1 Å². The van der Waals surface area contributed by atoms with E-state index in [-0.39, 0.29) is 12.0 Å². The molecule has 1 rings (SSSR count). The summed E-state index contributed by atoms with van der Waals surface area (Å²) in [5.41, 5.74) is 2.27. The molecular weight excluding hydrogens is 148 g/mol. The maximum absolute atomic E-state index is 9.51. The molecule has 0 aromatic rings. The summed E-state index contributed by atoms with van der Waals surface area (Å²) in [7, 11) is 0. The van der Waals surface area contributed by atoms with Gasteiger partial charge in [-0.2, -0.15) is 0 Å². The summed E-state index contributed by atoms with van der Waals surface area (Å²) >= 11 is 0. The molecule has 1 fully saturated rings. The molecule has 0 bridgehead atoms. The molecule has 1 heteroatoms. The zero-order valence-electron chi connectivity index (χ0n) is 7.75. The largest absolute Gasteiger partial charge is 0.392 e. The van der Waals surface area contributed by atoms with Crippen molar-refractivity contribution >= 4 is 0 Å². The number of allylic oxidation sites excluding steroid dienone is 3. The second-order valence-corrected chi connectivity index (χ2v) is 3.31. The quantitative estimate of drug-likeness (QED) is 0.631. The molecule has 0 aromatic heterocycles. The van der Waals surface area contributed by atoms with Crippen LogP contribution in [0.15, 0.2) is 36.0 Å². The first-order valence-electron chi connectivity index (χ1n) is 4.36. The van der Waals surface area contributed by atoms with E-state index in [1.54, 1.807) is 0 Å². The predicted molar refractivity (Wildman–Crippen MR) is 51.8 cm³/mol. The molecule has 1 aliphatic rings. The summed E-state index contributed by atoms with van der Waals surface area (Å²) in [6, 6.07) is 0. The highest BCUT2D eigenvalue weighted by molar-refractivity contribution is 5.39. The van der Waals surface area contributed by atoms with Gasteiger partial charge in [-0.1, -0.05) is 31.7 Å². The van der Waals surface area contributed by atoms with Crippen LogP contribution in [0.1, 0.15) is 20.3 Å². The summed E-state index contributed by atoms with van der Waals surface area (Å²) in [5.74, 6) is 0.244. The van der Waals surface area contributed by atoms with E-state index in [4.69, 9.17) is 0 Å². The van der Waals surface area contributed by atoms with Crippen LogP contribution in [0.3, 0.4) is 0 Å². The smallest absolute Gasteiger partial charge is 0.0646 e. The highest BCUT2D eigenvalue weighted by Crippen LogP contribution is 2.34. The summed E-state index contributed by atoms with van der Waals surface area (Å²) < 4.78 is 0. The Bertz CT molecular complexity index is 235. The lowest BCUT2D eigenvalue weighted by Crippen LogP contribution is -2.09. The van der Waals surface area contributed by atoms with E-state index in [9.17, 15) is 5.11 Å². The van der Waals surface area contributed by atoms with Gasteiger partial charge in [0.1, 0.15) is 0 Å². The van der Waals surface area contributed by atoms with Crippen LogP contribution in [-0.2, 0) is 0 Å². The van der Waals surface area contributed by atoms with Crippen LogP contribution < -0.4 is 0 Å². The molecule has 1 nitrogen and oxygen atoms in total. The lowest BCUT2D eigenvalue weighted by Gasteiger charge is -2.07. The van der Waals surface area contributed by atoms with Crippen molar-refractivity contribution in [3.05, 3.63) is 36.0 Å². The molecule has 1 N–H and O–H groups in total. The molecule has 0 spiro atoms. The number of aliphatic hydroxyl groups excluding tert-OH is 1. The van der Waals surface area contributed by atoms with Crippen molar-refractivity contribution in [2.45, 2.75) is 26.4 Å². The number of aliphatic hydroxyl groups is 1. The summed E-state index contributed by atoms with van der Waals surface area (Å²) in [6.45, 7) is 7.95. The van der Waals surface area contributed by atoms with E-state index in [0.29, 0.717) is 0 Å². The van der Waals surface area contributed by atoms with Gasteiger partial charge >= 0.3 is 0 Å². The predicted octanol–water partition coefficient (Wildman–Crippen LogP) is 2.45. The molecule has 66 valence electrons. The molecule has 12 heavy (non-hydrogen) atoms. The minimum atomic E-state index is -0.228. The summed E-state index contributed by atoms with van der Waals surface area (Å²) in [6.07, 6.45) is 6.52. The van der Waals surface area contributed by atoms with Crippen molar-refractivity contribution in [3.8, 4) is 0 Å². The van der Waals surface area contributed by atoms with Gasteiger partial charge in [0.2, 0.25) is 0 Å². The van der Waals surface area contributed by atoms with Gasteiger partial charge in [-0.05, 0) is 24.5 Å². The Morgan fingerprint density at radius 2 is 2.25 bits per heavy atom. The third-order valence-electron chi connectivity index (χ3n) is 2.40. The van der Waals surface area contributed by atoms with Gasteiger partial charge in [-0.25, -0.2) is 0 Å². The minimum absolute atomic E-state index is 0.228. The van der Waals surface area contributed by atoms with Crippen molar-refractivity contribution < 1.29 is 5.11 Å². The van der Waals surface area contributed by atoms with E-state index < -0.39 is 0 Å². The zero-order valence-corrected chi connectivity index (χ0v) is 7.75. The van der Waals surface area contributed by atoms with Crippen LogP contribution in [0.4, 0.5) is 0 Å². The molecule has 0 radical (unpaired) electrons. The van der Waals surface area contributed by atoms with Crippen LogP contribution in [-0.4, -0.2) is 11.2 Å². The summed E-state index contributed by atoms with van der Waals surface area (Å²) in [5, 5.41) is 9.51. The first-order valence-corrected chi connectivity index (χ1v) is 4.36. The number of hydrogen-bond acceptors (Lipinski definition) is 1. The van der Waals surface area contributed by atoms with Gasteiger partial charge in [-0.3, -0.25) is 0 Å². The normalized spacial score (nSPS) is 33.9. The number of rotatable bonds is 1. The third kappa shape index (κ3) is 1.67. The average Bonchev–Trinajstić information content (AvgIpc) is 2.25. The lowest BCUT2D eigenvalue weighted by atomic mass is 10.0. The molecule has 2 unspecified atom stereocenters. The van der Waals surface area contributed by atoms with Crippen molar-refractivity contribution in [2.24, 2.45) is 5.92 Å². The fourth-order valence-electron chi connectivity index (χ4n) is 1.55. The zero-order chi connectivity index (χ0) is 9.14. The summed E-state index contributed by atoms with van der Waals surface area (Å²) in [4.78, 5) is 0. The Morgan fingerprint density at radius 1 is 1.58 bits per heavy atom.